The van der Waals surface area contributed by atoms with Crippen molar-refractivity contribution >= 4 is 17.3 Å². The van der Waals surface area contributed by atoms with E-state index in [1.165, 1.54) is 18.2 Å². The molecule has 1 aromatic carbocycles. The maximum atomic E-state index is 13.5. The average molecular weight is 238 g/mol. The predicted octanol–water partition coefficient (Wildman–Crippen LogP) is 1.77. The van der Waals surface area contributed by atoms with Gasteiger partial charge in [-0.2, -0.15) is 0 Å². The van der Waals surface area contributed by atoms with E-state index in [1.54, 1.807) is 0 Å². The number of ether oxygens (including phenoxy) is 1. The Kier molecular flexibility index (Phi) is 3.28. The minimum absolute atomic E-state index is 0.131. The lowest BCUT2D eigenvalue weighted by molar-refractivity contribution is -0.126. The van der Waals surface area contributed by atoms with E-state index >= 15 is 0 Å². The van der Waals surface area contributed by atoms with Gasteiger partial charge in [0.25, 0.3) is 5.91 Å². The van der Waals surface area contributed by atoms with Gasteiger partial charge in [0, 0.05) is 12.3 Å². The highest BCUT2D eigenvalue weighted by atomic mass is 19.1. The first kappa shape index (κ1) is 11.9. The van der Waals surface area contributed by atoms with Crippen molar-refractivity contribution in [1.82, 2.24) is 0 Å². The van der Waals surface area contributed by atoms with Crippen LogP contribution in [0, 0.1) is 11.7 Å². The Morgan fingerprint density at radius 2 is 2.35 bits per heavy atom. The summed E-state index contributed by atoms with van der Waals surface area (Å²) in [6, 6.07) is 4.16. The van der Waals surface area contributed by atoms with Crippen LogP contribution in [0.4, 0.5) is 15.8 Å². The van der Waals surface area contributed by atoms with Gasteiger partial charge in [-0.15, -0.1) is 0 Å². The number of amides is 1. The molecule has 1 heterocycles. The van der Waals surface area contributed by atoms with Crippen LogP contribution in [-0.4, -0.2) is 18.6 Å². The van der Waals surface area contributed by atoms with Gasteiger partial charge in [0.15, 0.2) is 0 Å². The van der Waals surface area contributed by atoms with Crippen LogP contribution in [0.3, 0.4) is 0 Å². The minimum Gasteiger partial charge on any atom is -0.399 e. The molecule has 1 aliphatic rings. The van der Waals surface area contributed by atoms with E-state index in [9.17, 15) is 9.18 Å². The SMILES string of the molecule is CC1CCOC1C(=O)Nc1ccc(N)cc1F. The molecule has 1 saturated heterocycles. The van der Waals surface area contributed by atoms with Gasteiger partial charge < -0.3 is 15.8 Å². The van der Waals surface area contributed by atoms with Gasteiger partial charge in [0.1, 0.15) is 11.9 Å². The molecule has 2 rings (SSSR count). The van der Waals surface area contributed by atoms with Gasteiger partial charge in [-0.1, -0.05) is 6.92 Å². The summed E-state index contributed by atoms with van der Waals surface area (Å²) in [6.07, 6.45) is 0.356. The second kappa shape index (κ2) is 4.71. The predicted molar refractivity (Wildman–Crippen MR) is 63.0 cm³/mol. The number of nitrogens with one attached hydrogen (secondary N) is 1. The van der Waals surface area contributed by atoms with Crippen LogP contribution in [0.1, 0.15) is 13.3 Å². The molecule has 0 aromatic heterocycles. The highest BCUT2D eigenvalue weighted by molar-refractivity contribution is 5.94. The molecule has 4 nitrogen and oxygen atoms in total. The maximum absolute atomic E-state index is 13.5. The summed E-state index contributed by atoms with van der Waals surface area (Å²) in [7, 11) is 0. The van der Waals surface area contributed by atoms with Crippen LogP contribution in [-0.2, 0) is 9.53 Å². The van der Waals surface area contributed by atoms with Crippen LogP contribution >= 0.6 is 0 Å². The fraction of sp³-hybridized carbons (Fsp3) is 0.417. The van der Waals surface area contributed by atoms with Gasteiger partial charge in [-0.3, -0.25) is 4.79 Å². The molecule has 0 saturated carbocycles. The van der Waals surface area contributed by atoms with Crippen molar-refractivity contribution in [2.45, 2.75) is 19.4 Å². The second-order valence-corrected chi connectivity index (χ2v) is 4.29. The first-order valence-corrected chi connectivity index (χ1v) is 5.55. The molecule has 17 heavy (non-hydrogen) atoms. The number of hydrogen-bond donors (Lipinski definition) is 2. The molecular weight excluding hydrogens is 223 g/mol. The monoisotopic (exact) mass is 238 g/mol. The van der Waals surface area contributed by atoms with Crippen molar-refractivity contribution in [3.05, 3.63) is 24.0 Å². The van der Waals surface area contributed by atoms with Crippen molar-refractivity contribution in [3.8, 4) is 0 Å². The van der Waals surface area contributed by atoms with Gasteiger partial charge in [0.2, 0.25) is 0 Å². The minimum atomic E-state index is -0.538. The summed E-state index contributed by atoms with van der Waals surface area (Å²) in [5.74, 6) is -0.686. The summed E-state index contributed by atoms with van der Waals surface area (Å²) in [6.45, 7) is 2.51. The van der Waals surface area contributed by atoms with E-state index in [-0.39, 0.29) is 17.5 Å². The highest BCUT2D eigenvalue weighted by Crippen LogP contribution is 2.23. The first-order valence-electron chi connectivity index (χ1n) is 5.55. The number of anilines is 2. The lowest BCUT2D eigenvalue weighted by atomic mass is 10.0. The fourth-order valence-corrected chi connectivity index (χ4v) is 1.87. The third-order valence-electron chi connectivity index (χ3n) is 2.90. The Hall–Kier alpha value is -1.62. The Morgan fingerprint density at radius 1 is 1.59 bits per heavy atom. The van der Waals surface area contributed by atoms with E-state index in [4.69, 9.17) is 10.5 Å². The number of benzene rings is 1. The zero-order valence-corrected chi connectivity index (χ0v) is 9.57. The average Bonchev–Trinajstić information content (AvgIpc) is 2.68. The summed E-state index contributed by atoms with van der Waals surface area (Å²) in [5.41, 5.74) is 5.88. The number of halogens is 1. The molecule has 3 N–H and O–H groups in total. The van der Waals surface area contributed by atoms with Crippen molar-refractivity contribution in [1.29, 1.82) is 0 Å². The molecule has 2 atom stereocenters. The molecule has 0 aliphatic carbocycles. The van der Waals surface area contributed by atoms with E-state index in [0.717, 1.165) is 6.42 Å². The van der Waals surface area contributed by atoms with Crippen molar-refractivity contribution < 1.29 is 13.9 Å². The van der Waals surface area contributed by atoms with Gasteiger partial charge in [-0.05, 0) is 30.5 Å². The zero-order valence-electron chi connectivity index (χ0n) is 9.57. The summed E-state index contributed by atoms with van der Waals surface area (Å²) < 4.78 is 18.8. The Bertz CT molecular complexity index is 437. The van der Waals surface area contributed by atoms with E-state index in [2.05, 4.69) is 5.32 Å². The van der Waals surface area contributed by atoms with Gasteiger partial charge >= 0.3 is 0 Å². The molecule has 2 unspecified atom stereocenters. The van der Waals surface area contributed by atoms with Crippen molar-refractivity contribution in [2.24, 2.45) is 5.92 Å². The smallest absolute Gasteiger partial charge is 0.253 e. The highest BCUT2D eigenvalue weighted by Gasteiger charge is 2.31. The number of carbonyl (C=O) groups is 1. The van der Waals surface area contributed by atoms with Crippen LogP contribution in [0.5, 0.6) is 0 Å². The summed E-state index contributed by atoms with van der Waals surface area (Å²) >= 11 is 0. The van der Waals surface area contributed by atoms with Crippen LogP contribution < -0.4 is 11.1 Å². The molecular formula is C12H15FN2O2. The topological polar surface area (TPSA) is 64.3 Å². The number of hydrogen-bond acceptors (Lipinski definition) is 3. The lowest BCUT2D eigenvalue weighted by Crippen LogP contribution is -2.31. The third-order valence-corrected chi connectivity index (χ3v) is 2.90. The zero-order chi connectivity index (χ0) is 12.4. The summed E-state index contributed by atoms with van der Waals surface area (Å²) in [4.78, 5) is 11.8. The standard InChI is InChI=1S/C12H15FN2O2/c1-7-4-5-17-11(7)12(16)15-10-3-2-8(14)6-9(10)13/h2-3,6-7,11H,4-5,14H2,1H3,(H,15,16). The summed E-state index contributed by atoms with van der Waals surface area (Å²) in [5, 5.41) is 2.52. The fourth-order valence-electron chi connectivity index (χ4n) is 1.87. The first-order chi connectivity index (χ1) is 8.08. The normalized spacial score (nSPS) is 23.6. The molecule has 0 spiro atoms. The molecule has 1 aromatic rings. The quantitative estimate of drug-likeness (QED) is 0.772. The van der Waals surface area contributed by atoms with Crippen LogP contribution in [0.25, 0.3) is 0 Å². The molecule has 1 aliphatic heterocycles. The van der Waals surface area contributed by atoms with Gasteiger partial charge in [0.05, 0.1) is 5.69 Å². The molecule has 1 fully saturated rings. The Labute approximate surface area is 98.9 Å². The van der Waals surface area contributed by atoms with Crippen LogP contribution in [0.2, 0.25) is 0 Å². The number of nitrogen functional groups attached to an aromatic ring is 1. The molecule has 0 bridgehead atoms. The largest absolute Gasteiger partial charge is 0.399 e. The lowest BCUT2D eigenvalue weighted by Gasteiger charge is -2.14. The maximum Gasteiger partial charge on any atom is 0.253 e. The number of nitrogens with two attached hydrogens (primary N) is 1. The van der Waals surface area contributed by atoms with Crippen molar-refractivity contribution in [2.75, 3.05) is 17.7 Å². The van der Waals surface area contributed by atoms with Crippen LogP contribution in [0.15, 0.2) is 18.2 Å². The molecule has 0 radical (unpaired) electrons. The Balaban J connectivity index is 2.07. The molecule has 5 heteroatoms. The van der Waals surface area contributed by atoms with E-state index in [1.807, 2.05) is 6.92 Å². The number of rotatable bonds is 2. The van der Waals surface area contributed by atoms with Crippen molar-refractivity contribution in [3.63, 3.8) is 0 Å². The van der Waals surface area contributed by atoms with E-state index < -0.39 is 11.9 Å². The second-order valence-electron chi connectivity index (χ2n) is 4.29. The Morgan fingerprint density at radius 3 is 2.94 bits per heavy atom. The van der Waals surface area contributed by atoms with Gasteiger partial charge in [-0.25, -0.2) is 4.39 Å². The number of carbonyl (C=O) groups excluding carboxylic acids is 1. The molecule has 92 valence electrons. The molecule has 1 amide bonds. The third kappa shape index (κ3) is 2.55. The van der Waals surface area contributed by atoms with E-state index in [0.29, 0.717) is 12.3 Å².